The second kappa shape index (κ2) is 7.62. The van der Waals surface area contributed by atoms with Crippen molar-refractivity contribution >= 4 is 10.8 Å². The summed E-state index contributed by atoms with van der Waals surface area (Å²) in [5, 5.41) is -0.117. The van der Waals surface area contributed by atoms with Gasteiger partial charge in [0.15, 0.2) is 17.5 Å². The average Bonchev–Trinajstić information content (AvgIpc) is 2.71. The van der Waals surface area contributed by atoms with Gasteiger partial charge in [-0.05, 0) is 78.3 Å². The maximum Gasteiger partial charge on any atom is 0.195 e. The molecule has 0 aliphatic heterocycles. The Morgan fingerprint density at radius 3 is 2.03 bits per heavy atom. The largest absolute Gasteiger partial charge is 0.206 e. The highest BCUT2D eigenvalue weighted by Gasteiger charge is 2.24. The fraction of sp³-hybridized carbons (Fsp3) is 0.250. The molecular weight excluding hydrogens is 383 g/mol. The van der Waals surface area contributed by atoms with Crippen LogP contribution in [0.2, 0.25) is 0 Å². The quantitative estimate of drug-likeness (QED) is 0.240. The summed E-state index contributed by atoms with van der Waals surface area (Å²) in [6, 6.07) is 7.27. The number of allylic oxidation sites excluding steroid dienone is 1. The Balaban J connectivity index is 1.72. The van der Waals surface area contributed by atoms with Crippen LogP contribution in [-0.2, 0) is 0 Å². The first-order valence-corrected chi connectivity index (χ1v) is 9.58. The van der Waals surface area contributed by atoms with E-state index in [2.05, 4.69) is 6.58 Å². The number of hydrogen-bond donors (Lipinski definition) is 0. The van der Waals surface area contributed by atoms with Crippen LogP contribution in [0.15, 0.2) is 49.1 Å². The van der Waals surface area contributed by atoms with Crippen molar-refractivity contribution in [2.45, 2.75) is 31.6 Å². The number of fused-ring (bicyclic) bond motifs is 1. The summed E-state index contributed by atoms with van der Waals surface area (Å²) in [5.74, 6) is -5.16. The van der Waals surface area contributed by atoms with E-state index in [1.54, 1.807) is 0 Å². The molecule has 0 bridgehead atoms. The van der Waals surface area contributed by atoms with Gasteiger partial charge < -0.3 is 0 Å². The summed E-state index contributed by atoms with van der Waals surface area (Å²) in [4.78, 5) is 0. The molecule has 0 amide bonds. The first-order chi connectivity index (χ1) is 13.9. The van der Waals surface area contributed by atoms with E-state index in [9.17, 15) is 22.0 Å². The Morgan fingerprint density at radius 1 is 0.759 bits per heavy atom. The van der Waals surface area contributed by atoms with Gasteiger partial charge in [0.2, 0.25) is 0 Å². The highest BCUT2D eigenvalue weighted by Crippen LogP contribution is 2.39. The van der Waals surface area contributed by atoms with Crippen LogP contribution in [0.4, 0.5) is 22.0 Å². The summed E-state index contributed by atoms with van der Waals surface area (Å²) >= 11 is 0. The lowest BCUT2D eigenvalue weighted by Gasteiger charge is -2.27. The van der Waals surface area contributed by atoms with Gasteiger partial charge in [-0.1, -0.05) is 18.2 Å². The lowest BCUT2D eigenvalue weighted by Crippen LogP contribution is -2.12. The van der Waals surface area contributed by atoms with E-state index in [0.717, 1.165) is 31.7 Å². The van der Waals surface area contributed by atoms with Gasteiger partial charge in [-0.25, -0.2) is 22.0 Å². The maximum absolute atomic E-state index is 14.9. The third-order valence-electron chi connectivity index (χ3n) is 5.90. The molecule has 0 saturated heterocycles. The molecule has 1 saturated carbocycles. The third-order valence-corrected chi connectivity index (χ3v) is 5.90. The molecular formula is C24H19F5. The van der Waals surface area contributed by atoms with Gasteiger partial charge in [0.1, 0.15) is 11.6 Å². The molecule has 0 radical (unpaired) electrons. The van der Waals surface area contributed by atoms with Crippen LogP contribution < -0.4 is 0 Å². The van der Waals surface area contributed by atoms with Crippen LogP contribution in [-0.4, -0.2) is 0 Å². The van der Waals surface area contributed by atoms with Crippen LogP contribution in [0.3, 0.4) is 0 Å². The summed E-state index contributed by atoms with van der Waals surface area (Å²) in [6.45, 7) is 3.81. The molecule has 0 N–H and O–H groups in total. The minimum absolute atomic E-state index is 0.0320. The highest BCUT2D eigenvalue weighted by atomic mass is 19.2. The van der Waals surface area contributed by atoms with Crippen molar-refractivity contribution in [2.24, 2.45) is 5.92 Å². The van der Waals surface area contributed by atoms with Crippen molar-refractivity contribution in [1.82, 2.24) is 0 Å². The molecule has 0 atom stereocenters. The Bertz CT molecular complexity index is 1070. The maximum atomic E-state index is 14.9. The van der Waals surface area contributed by atoms with Gasteiger partial charge in [-0.3, -0.25) is 0 Å². The molecule has 0 nitrogen and oxygen atoms in total. The normalized spacial score (nSPS) is 19.5. The number of halogens is 5. The van der Waals surface area contributed by atoms with Crippen LogP contribution in [0.25, 0.3) is 21.9 Å². The van der Waals surface area contributed by atoms with Crippen LogP contribution in [0, 0.1) is 35.0 Å². The summed E-state index contributed by atoms with van der Waals surface area (Å²) in [6.07, 6.45) is 5.50. The lowest BCUT2D eigenvalue weighted by molar-refractivity contribution is 0.374. The third kappa shape index (κ3) is 3.54. The SMILES string of the molecule is C=CC1CCC(c2cc(F)c(-c3ccc4c(F)c(F)c(F)cc4c3)c(F)c2)CC1. The van der Waals surface area contributed by atoms with E-state index in [1.807, 2.05) is 6.08 Å². The Labute approximate surface area is 165 Å². The molecule has 5 heteroatoms. The van der Waals surface area contributed by atoms with Crippen LogP contribution >= 0.6 is 0 Å². The average molecular weight is 402 g/mol. The van der Waals surface area contributed by atoms with Crippen LogP contribution in [0.5, 0.6) is 0 Å². The predicted octanol–water partition coefficient (Wildman–Crippen LogP) is 7.66. The summed E-state index contributed by atoms with van der Waals surface area (Å²) in [5.41, 5.74) is 0.492. The zero-order valence-corrected chi connectivity index (χ0v) is 15.6. The second-order valence-corrected chi connectivity index (χ2v) is 7.63. The van der Waals surface area contributed by atoms with Gasteiger partial charge >= 0.3 is 0 Å². The van der Waals surface area contributed by atoms with Crippen LogP contribution in [0.1, 0.15) is 37.2 Å². The fourth-order valence-corrected chi connectivity index (χ4v) is 4.25. The fourth-order valence-electron chi connectivity index (χ4n) is 4.25. The van der Waals surface area contributed by atoms with Gasteiger partial charge in [-0.2, -0.15) is 0 Å². The molecule has 3 aromatic carbocycles. The van der Waals surface area contributed by atoms with Gasteiger partial charge in [0, 0.05) is 5.39 Å². The minimum atomic E-state index is -1.57. The van der Waals surface area contributed by atoms with Crippen molar-refractivity contribution in [3.63, 3.8) is 0 Å². The first kappa shape index (κ1) is 19.6. The van der Waals surface area contributed by atoms with Crippen molar-refractivity contribution in [3.8, 4) is 11.1 Å². The van der Waals surface area contributed by atoms with E-state index in [4.69, 9.17) is 0 Å². The van der Waals surface area contributed by atoms with Crippen molar-refractivity contribution in [3.05, 3.63) is 83.7 Å². The second-order valence-electron chi connectivity index (χ2n) is 7.63. The molecule has 1 aliphatic carbocycles. The van der Waals surface area contributed by atoms with Gasteiger partial charge in [0.25, 0.3) is 0 Å². The van der Waals surface area contributed by atoms with Crippen molar-refractivity contribution < 1.29 is 22.0 Å². The molecule has 29 heavy (non-hydrogen) atoms. The lowest BCUT2D eigenvalue weighted by atomic mass is 9.78. The summed E-state index contributed by atoms with van der Waals surface area (Å²) in [7, 11) is 0. The molecule has 4 rings (SSSR count). The molecule has 0 aromatic heterocycles. The Kier molecular flexibility index (Phi) is 5.15. The van der Waals surface area contributed by atoms with Gasteiger partial charge in [-0.15, -0.1) is 6.58 Å². The molecule has 1 aliphatic rings. The number of rotatable bonds is 3. The summed E-state index contributed by atoms with van der Waals surface area (Å²) < 4.78 is 70.6. The van der Waals surface area contributed by atoms with E-state index < -0.39 is 29.1 Å². The zero-order valence-electron chi connectivity index (χ0n) is 15.6. The highest BCUT2D eigenvalue weighted by molar-refractivity contribution is 5.88. The molecule has 0 heterocycles. The zero-order chi connectivity index (χ0) is 20.7. The Hall–Kier alpha value is -2.69. The topological polar surface area (TPSA) is 0 Å². The molecule has 3 aromatic rings. The van der Waals surface area contributed by atoms with Gasteiger partial charge in [0.05, 0.1) is 5.56 Å². The van der Waals surface area contributed by atoms with E-state index in [0.29, 0.717) is 11.5 Å². The van der Waals surface area contributed by atoms with E-state index in [1.165, 1.54) is 30.3 Å². The molecule has 0 unspecified atom stereocenters. The van der Waals surface area contributed by atoms with Crippen molar-refractivity contribution in [2.75, 3.05) is 0 Å². The predicted molar refractivity (Wildman–Crippen MR) is 104 cm³/mol. The van der Waals surface area contributed by atoms with E-state index >= 15 is 0 Å². The molecule has 150 valence electrons. The Morgan fingerprint density at radius 2 is 1.41 bits per heavy atom. The van der Waals surface area contributed by atoms with E-state index in [-0.39, 0.29) is 27.8 Å². The molecule has 0 spiro atoms. The minimum Gasteiger partial charge on any atom is -0.206 e. The first-order valence-electron chi connectivity index (χ1n) is 9.58. The molecule has 1 fully saturated rings. The standard InChI is InChI=1S/C24H19F5/c1-2-13-3-5-14(6-4-13)16-10-19(25)22(20(26)11-16)15-7-8-18-17(9-15)12-21(27)24(29)23(18)28/h2,7-14H,1,3-6H2. The smallest absolute Gasteiger partial charge is 0.195 e. The van der Waals surface area contributed by atoms with Crippen molar-refractivity contribution in [1.29, 1.82) is 0 Å². The monoisotopic (exact) mass is 402 g/mol. The number of hydrogen-bond acceptors (Lipinski definition) is 0. The number of benzene rings is 3.